The van der Waals surface area contributed by atoms with Crippen LogP contribution in [-0.4, -0.2) is 24.1 Å². The number of benzene rings is 2. The molecule has 0 radical (unpaired) electrons. The standard InChI is InChI=1S/C19H19BrClN3O2/c1-12(2)17(23-18(25)14-4-3-5-16(21)10-14)19(26)24-22-11-13-6-8-15(20)9-7-13/h3-12,17H,1-2H3,(H,23,25)(H,24,26)/b22-11-. The molecule has 0 aliphatic carbocycles. The topological polar surface area (TPSA) is 70.6 Å². The molecule has 0 aliphatic heterocycles. The number of rotatable bonds is 6. The number of carbonyl (C=O) groups is 2. The van der Waals surface area contributed by atoms with Gasteiger partial charge in [-0.3, -0.25) is 9.59 Å². The summed E-state index contributed by atoms with van der Waals surface area (Å²) in [6.45, 7) is 3.70. The summed E-state index contributed by atoms with van der Waals surface area (Å²) in [7, 11) is 0. The first-order valence-corrected chi connectivity index (χ1v) is 9.19. The molecule has 2 rings (SSSR count). The smallest absolute Gasteiger partial charge is 0.262 e. The molecule has 1 atom stereocenters. The van der Waals surface area contributed by atoms with Crippen molar-refractivity contribution in [2.45, 2.75) is 19.9 Å². The summed E-state index contributed by atoms with van der Waals surface area (Å²) in [6.07, 6.45) is 1.54. The van der Waals surface area contributed by atoms with Gasteiger partial charge in [-0.1, -0.05) is 59.6 Å². The Hall–Kier alpha value is -2.18. The fourth-order valence-corrected chi connectivity index (χ4v) is 2.63. The normalized spacial score (nSPS) is 12.2. The molecule has 5 nitrogen and oxygen atoms in total. The molecule has 26 heavy (non-hydrogen) atoms. The van der Waals surface area contributed by atoms with Gasteiger partial charge in [-0.2, -0.15) is 5.10 Å². The first kappa shape index (κ1) is 20.1. The quantitative estimate of drug-likeness (QED) is 0.530. The minimum absolute atomic E-state index is 0.110. The maximum atomic E-state index is 12.4. The van der Waals surface area contributed by atoms with E-state index in [0.717, 1.165) is 10.0 Å². The highest BCUT2D eigenvalue weighted by Crippen LogP contribution is 2.12. The van der Waals surface area contributed by atoms with E-state index in [2.05, 4.69) is 31.8 Å². The Morgan fingerprint density at radius 3 is 2.46 bits per heavy atom. The highest BCUT2D eigenvalue weighted by molar-refractivity contribution is 9.10. The number of carbonyl (C=O) groups excluding carboxylic acids is 2. The van der Waals surface area contributed by atoms with Crippen LogP contribution in [0.2, 0.25) is 5.02 Å². The van der Waals surface area contributed by atoms with Crippen molar-refractivity contribution < 1.29 is 9.59 Å². The van der Waals surface area contributed by atoms with E-state index < -0.39 is 6.04 Å². The van der Waals surface area contributed by atoms with Gasteiger partial charge in [-0.05, 0) is 41.8 Å². The van der Waals surface area contributed by atoms with Gasteiger partial charge in [-0.25, -0.2) is 5.43 Å². The Bertz CT molecular complexity index is 807. The summed E-state index contributed by atoms with van der Waals surface area (Å²) in [5, 5.41) is 7.14. The van der Waals surface area contributed by atoms with Gasteiger partial charge < -0.3 is 5.32 Å². The maximum absolute atomic E-state index is 12.4. The Labute approximate surface area is 166 Å². The van der Waals surface area contributed by atoms with Crippen LogP contribution in [0, 0.1) is 5.92 Å². The van der Waals surface area contributed by atoms with Crippen molar-refractivity contribution >= 4 is 45.6 Å². The zero-order valence-corrected chi connectivity index (χ0v) is 16.7. The Kier molecular flexibility index (Phi) is 7.36. The number of nitrogens with zero attached hydrogens (tertiary/aromatic N) is 1. The van der Waals surface area contributed by atoms with Crippen molar-refractivity contribution in [3.63, 3.8) is 0 Å². The van der Waals surface area contributed by atoms with Gasteiger partial charge in [-0.15, -0.1) is 0 Å². The van der Waals surface area contributed by atoms with Crippen LogP contribution >= 0.6 is 27.5 Å². The lowest BCUT2D eigenvalue weighted by Crippen LogP contribution is -2.48. The van der Waals surface area contributed by atoms with Crippen LogP contribution in [0.25, 0.3) is 0 Å². The fourth-order valence-electron chi connectivity index (χ4n) is 2.18. The van der Waals surface area contributed by atoms with Crippen LogP contribution in [0.4, 0.5) is 0 Å². The number of amides is 2. The largest absolute Gasteiger partial charge is 0.340 e. The predicted octanol–water partition coefficient (Wildman–Crippen LogP) is 4.01. The van der Waals surface area contributed by atoms with Crippen LogP contribution in [0.5, 0.6) is 0 Å². The maximum Gasteiger partial charge on any atom is 0.262 e. The highest BCUT2D eigenvalue weighted by Gasteiger charge is 2.24. The molecule has 2 aromatic rings. The monoisotopic (exact) mass is 435 g/mol. The van der Waals surface area contributed by atoms with Gasteiger partial charge in [0.2, 0.25) is 0 Å². The second-order valence-electron chi connectivity index (χ2n) is 5.99. The van der Waals surface area contributed by atoms with Crippen molar-refractivity contribution in [1.82, 2.24) is 10.7 Å². The number of hydrazone groups is 1. The third-order valence-corrected chi connectivity index (χ3v) is 4.34. The summed E-state index contributed by atoms with van der Waals surface area (Å²) in [6, 6.07) is 13.3. The molecule has 0 bridgehead atoms. The average Bonchev–Trinajstić information content (AvgIpc) is 2.60. The third kappa shape index (κ3) is 5.97. The van der Waals surface area contributed by atoms with Crippen LogP contribution < -0.4 is 10.7 Å². The van der Waals surface area contributed by atoms with E-state index in [1.165, 1.54) is 0 Å². The second-order valence-corrected chi connectivity index (χ2v) is 7.34. The minimum Gasteiger partial charge on any atom is -0.340 e. The van der Waals surface area contributed by atoms with E-state index in [1.807, 2.05) is 38.1 Å². The molecule has 136 valence electrons. The highest BCUT2D eigenvalue weighted by atomic mass is 79.9. The van der Waals surface area contributed by atoms with Gasteiger partial charge >= 0.3 is 0 Å². The van der Waals surface area contributed by atoms with E-state index in [-0.39, 0.29) is 17.7 Å². The SMILES string of the molecule is CC(C)C(NC(=O)c1cccc(Cl)c1)C(=O)N/N=C\c1ccc(Br)cc1. The van der Waals surface area contributed by atoms with Crippen LogP contribution in [0.15, 0.2) is 58.1 Å². The predicted molar refractivity (Wildman–Crippen MR) is 107 cm³/mol. The molecule has 0 heterocycles. The summed E-state index contributed by atoms with van der Waals surface area (Å²) >= 11 is 9.26. The lowest BCUT2D eigenvalue weighted by molar-refractivity contribution is -0.123. The van der Waals surface area contributed by atoms with Gasteiger partial charge in [0.25, 0.3) is 11.8 Å². The number of nitrogens with one attached hydrogen (secondary N) is 2. The Morgan fingerprint density at radius 1 is 1.15 bits per heavy atom. The Morgan fingerprint density at radius 2 is 1.85 bits per heavy atom. The van der Waals surface area contributed by atoms with Crippen molar-refractivity contribution in [2.24, 2.45) is 11.0 Å². The molecule has 0 fully saturated rings. The van der Waals surface area contributed by atoms with Gasteiger partial charge in [0.1, 0.15) is 6.04 Å². The van der Waals surface area contributed by atoms with Gasteiger partial charge in [0, 0.05) is 15.1 Å². The molecule has 2 N–H and O–H groups in total. The lowest BCUT2D eigenvalue weighted by Gasteiger charge is -2.20. The van der Waals surface area contributed by atoms with Crippen LogP contribution in [-0.2, 0) is 4.79 Å². The van der Waals surface area contributed by atoms with Gasteiger partial charge in [0.05, 0.1) is 6.21 Å². The van der Waals surface area contributed by atoms with Gasteiger partial charge in [0.15, 0.2) is 0 Å². The fraction of sp³-hybridized carbons (Fsp3) is 0.211. The third-order valence-electron chi connectivity index (χ3n) is 3.58. The van der Waals surface area contributed by atoms with E-state index in [0.29, 0.717) is 10.6 Å². The van der Waals surface area contributed by atoms with Crippen LogP contribution in [0.3, 0.4) is 0 Å². The number of halogens is 2. The molecule has 0 saturated heterocycles. The molecule has 0 aliphatic rings. The van der Waals surface area contributed by atoms with Crippen LogP contribution in [0.1, 0.15) is 29.8 Å². The summed E-state index contributed by atoms with van der Waals surface area (Å²) < 4.78 is 0.960. The van der Waals surface area contributed by atoms with E-state index in [9.17, 15) is 9.59 Å². The van der Waals surface area contributed by atoms with E-state index in [1.54, 1.807) is 30.5 Å². The second kappa shape index (κ2) is 9.50. The lowest BCUT2D eigenvalue weighted by atomic mass is 10.0. The number of hydrogen-bond donors (Lipinski definition) is 2. The summed E-state index contributed by atoms with van der Waals surface area (Å²) in [5.74, 6) is -0.858. The Balaban J connectivity index is 2.00. The molecular weight excluding hydrogens is 418 g/mol. The zero-order valence-electron chi connectivity index (χ0n) is 14.4. The first-order chi connectivity index (χ1) is 12.4. The molecule has 0 saturated carbocycles. The van der Waals surface area contributed by atoms with E-state index >= 15 is 0 Å². The minimum atomic E-state index is -0.719. The van der Waals surface area contributed by atoms with Crippen molar-refractivity contribution in [3.05, 3.63) is 69.2 Å². The van der Waals surface area contributed by atoms with Crippen molar-refractivity contribution in [1.29, 1.82) is 0 Å². The van der Waals surface area contributed by atoms with Crippen molar-refractivity contribution in [2.75, 3.05) is 0 Å². The number of hydrogen-bond acceptors (Lipinski definition) is 3. The molecular formula is C19H19BrClN3O2. The first-order valence-electron chi connectivity index (χ1n) is 8.01. The summed E-state index contributed by atoms with van der Waals surface area (Å²) in [5.41, 5.74) is 3.72. The molecule has 2 amide bonds. The molecule has 0 spiro atoms. The molecule has 1 unspecified atom stereocenters. The summed E-state index contributed by atoms with van der Waals surface area (Å²) in [4.78, 5) is 24.7. The average molecular weight is 437 g/mol. The van der Waals surface area contributed by atoms with E-state index in [4.69, 9.17) is 11.6 Å². The molecule has 7 heteroatoms. The zero-order chi connectivity index (χ0) is 19.1. The van der Waals surface area contributed by atoms with Crippen molar-refractivity contribution in [3.8, 4) is 0 Å². The molecule has 0 aromatic heterocycles. The molecule has 2 aromatic carbocycles.